The SMILES string of the molecule is CC1CCC(OCC(=O)NC(N)=O)CN1. The summed E-state index contributed by atoms with van der Waals surface area (Å²) in [5, 5.41) is 5.19. The van der Waals surface area contributed by atoms with Gasteiger partial charge in [0.05, 0.1) is 6.10 Å². The maximum atomic E-state index is 11.0. The van der Waals surface area contributed by atoms with E-state index in [9.17, 15) is 9.59 Å². The highest BCUT2D eigenvalue weighted by molar-refractivity contribution is 5.94. The molecular formula is C9H17N3O3. The Morgan fingerprint density at radius 2 is 2.27 bits per heavy atom. The Labute approximate surface area is 88.5 Å². The van der Waals surface area contributed by atoms with Crippen molar-refractivity contribution in [2.45, 2.75) is 31.9 Å². The van der Waals surface area contributed by atoms with E-state index in [4.69, 9.17) is 10.5 Å². The molecule has 0 aliphatic carbocycles. The Bertz CT molecular complexity index is 237. The fourth-order valence-electron chi connectivity index (χ4n) is 1.48. The Hall–Kier alpha value is -1.14. The maximum Gasteiger partial charge on any atom is 0.318 e. The van der Waals surface area contributed by atoms with Crippen LogP contribution in [-0.4, -0.2) is 37.2 Å². The van der Waals surface area contributed by atoms with E-state index in [1.54, 1.807) is 0 Å². The molecule has 0 aromatic heterocycles. The highest BCUT2D eigenvalue weighted by Gasteiger charge is 2.18. The largest absolute Gasteiger partial charge is 0.367 e. The van der Waals surface area contributed by atoms with E-state index in [0.29, 0.717) is 6.04 Å². The monoisotopic (exact) mass is 215 g/mol. The van der Waals surface area contributed by atoms with Crippen molar-refractivity contribution >= 4 is 11.9 Å². The number of ether oxygens (including phenoxy) is 1. The zero-order valence-corrected chi connectivity index (χ0v) is 8.79. The lowest BCUT2D eigenvalue weighted by atomic mass is 10.0. The molecule has 0 spiro atoms. The molecule has 1 saturated heterocycles. The van der Waals surface area contributed by atoms with Crippen molar-refractivity contribution in [1.82, 2.24) is 10.6 Å². The minimum Gasteiger partial charge on any atom is -0.367 e. The Morgan fingerprint density at radius 3 is 2.80 bits per heavy atom. The normalized spacial score (nSPS) is 25.9. The average Bonchev–Trinajstić information content (AvgIpc) is 2.16. The van der Waals surface area contributed by atoms with E-state index in [0.717, 1.165) is 19.4 Å². The van der Waals surface area contributed by atoms with Gasteiger partial charge in [-0.05, 0) is 19.8 Å². The van der Waals surface area contributed by atoms with Gasteiger partial charge in [0.1, 0.15) is 6.61 Å². The molecule has 0 bridgehead atoms. The highest BCUT2D eigenvalue weighted by atomic mass is 16.5. The minimum absolute atomic E-state index is 0.0415. The van der Waals surface area contributed by atoms with Gasteiger partial charge in [-0.3, -0.25) is 10.1 Å². The quantitative estimate of drug-likeness (QED) is 0.582. The van der Waals surface area contributed by atoms with Gasteiger partial charge in [0.15, 0.2) is 0 Å². The first-order chi connectivity index (χ1) is 7.08. The molecule has 0 saturated carbocycles. The van der Waals surface area contributed by atoms with Crippen LogP contribution in [0.2, 0.25) is 0 Å². The number of carbonyl (C=O) groups excluding carboxylic acids is 2. The van der Waals surface area contributed by atoms with Gasteiger partial charge in [-0.25, -0.2) is 4.79 Å². The summed E-state index contributed by atoms with van der Waals surface area (Å²) >= 11 is 0. The van der Waals surface area contributed by atoms with E-state index in [1.807, 2.05) is 5.32 Å². The van der Waals surface area contributed by atoms with Crippen LogP contribution in [0.15, 0.2) is 0 Å². The van der Waals surface area contributed by atoms with Gasteiger partial charge in [0.25, 0.3) is 5.91 Å². The van der Waals surface area contributed by atoms with Gasteiger partial charge in [0, 0.05) is 12.6 Å². The van der Waals surface area contributed by atoms with Crippen LogP contribution in [-0.2, 0) is 9.53 Å². The maximum absolute atomic E-state index is 11.0. The number of hydrogen-bond donors (Lipinski definition) is 3. The van der Waals surface area contributed by atoms with Crippen LogP contribution < -0.4 is 16.4 Å². The van der Waals surface area contributed by atoms with Crippen molar-refractivity contribution in [3.63, 3.8) is 0 Å². The summed E-state index contributed by atoms with van der Waals surface area (Å²) in [5.74, 6) is -0.499. The first-order valence-corrected chi connectivity index (χ1v) is 5.02. The number of amides is 3. The summed E-state index contributed by atoms with van der Waals surface area (Å²) in [6, 6.07) is -0.344. The number of carbonyl (C=O) groups is 2. The zero-order chi connectivity index (χ0) is 11.3. The van der Waals surface area contributed by atoms with Crippen LogP contribution in [0.3, 0.4) is 0 Å². The number of primary amides is 1. The molecule has 15 heavy (non-hydrogen) atoms. The van der Waals surface area contributed by atoms with Crippen LogP contribution >= 0.6 is 0 Å². The molecule has 2 unspecified atom stereocenters. The molecule has 3 amide bonds. The lowest BCUT2D eigenvalue weighted by molar-refractivity contribution is -0.126. The predicted molar refractivity (Wildman–Crippen MR) is 54.2 cm³/mol. The van der Waals surface area contributed by atoms with Crippen molar-refractivity contribution in [2.75, 3.05) is 13.2 Å². The first kappa shape index (κ1) is 11.9. The molecule has 6 nitrogen and oxygen atoms in total. The van der Waals surface area contributed by atoms with Gasteiger partial charge in [-0.2, -0.15) is 0 Å². The number of nitrogens with one attached hydrogen (secondary N) is 2. The van der Waals surface area contributed by atoms with Crippen LogP contribution in [0, 0.1) is 0 Å². The molecule has 6 heteroatoms. The van der Waals surface area contributed by atoms with Gasteiger partial charge in [0.2, 0.25) is 0 Å². The predicted octanol–water partition coefficient (Wildman–Crippen LogP) is -0.662. The van der Waals surface area contributed by atoms with Crippen molar-refractivity contribution in [3.05, 3.63) is 0 Å². The van der Waals surface area contributed by atoms with Crippen LogP contribution in [0.25, 0.3) is 0 Å². The average molecular weight is 215 g/mol. The third-order valence-electron chi connectivity index (χ3n) is 2.33. The zero-order valence-electron chi connectivity index (χ0n) is 8.79. The van der Waals surface area contributed by atoms with Gasteiger partial charge in [-0.15, -0.1) is 0 Å². The molecule has 86 valence electrons. The lowest BCUT2D eigenvalue weighted by Crippen LogP contribution is -2.43. The Kier molecular flexibility index (Phi) is 4.51. The second kappa shape index (κ2) is 5.67. The number of hydrogen-bond acceptors (Lipinski definition) is 4. The Balaban J connectivity index is 2.14. The second-order valence-electron chi connectivity index (χ2n) is 3.73. The standard InChI is InChI=1S/C9H17N3O3/c1-6-2-3-7(4-11-6)15-5-8(13)12-9(10)14/h6-7,11H,2-5H2,1H3,(H3,10,12,13,14). The van der Waals surface area contributed by atoms with Crippen molar-refractivity contribution in [3.8, 4) is 0 Å². The molecular weight excluding hydrogens is 198 g/mol. The third-order valence-corrected chi connectivity index (χ3v) is 2.33. The van der Waals surface area contributed by atoms with E-state index >= 15 is 0 Å². The highest BCUT2D eigenvalue weighted by Crippen LogP contribution is 2.10. The summed E-state index contributed by atoms with van der Waals surface area (Å²) in [7, 11) is 0. The number of nitrogens with two attached hydrogens (primary N) is 1. The van der Waals surface area contributed by atoms with Crippen molar-refractivity contribution < 1.29 is 14.3 Å². The molecule has 4 N–H and O–H groups in total. The van der Waals surface area contributed by atoms with E-state index in [1.165, 1.54) is 0 Å². The number of piperidine rings is 1. The fraction of sp³-hybridized carbons (Fsp3) is 0.778. The third kappa shape index (κ3) is 4.75. The molecule has 2 atom stereocenters. The van der Waals surface area contributed by atoms with Crippen molar-refractivity contribution in [1.29, 1.82) is 0 Å². The molecule has 1 fully saturated rings. The van der Waals surface area contributed by atoms with Crippen LogP contribution in [0.4, 0.5) is 4.79 Å². The summed E-state index contributed by atoms with van der Waals surface area (Å²) in [5.41, 5.74) is 4.78. The summed E-state index contributed by atoms with van der Waals surface area (Å²) in [6.07, 6.45) is 2.00. The van der Waals surface area contributed by atoms with E-state index in [2.05, 4.69) is 12.2 Å². The summed E-state index contributed by atoms with van der Waals surface area (Å²) in [6.45, 7) is 2.73. The fourth-order valence-corrected chi connectivity index (χ4v) is 1.48. The number of urea groups is 1. The Morgan fingerprint density at radius 1 is 1.53 bits per heavy atom. The molecule has 1 aliphatic heterocycles. The number of imide groups is 1. The second-order valence-corrected chi connectivity index (χ2v) is 3.73. The van der Waals surface area contributed by atoms with Gasteiger partial charge >= 0.3 is 6.03 Å². The molecule has 1 heterocycles. The molecule has 0 aromatic rings. The van der Waals surface area contributed by atoms with Crippen LogP contribution in [0.1, 0.15) is 19.8 Å². The van der Waals surface area contributed by atoms with Crippen LogP contribution in [0.5, 0.6) is 0 Å². The van der Waals surface area contributed by atoms with E-state index < -0.39 is 11.9 Å². The summed E-state index contributed by atoms with van der Waals surface area (Å²) in [4.78, 5) is 21.3. The molecule has 0 radical (unpaired) electrons. The smallest absolute Gasteiger partial charge is 0.318 e. The molecule has 0 aromatic carbocycles. The van der Waals surface area contributed by atoms with E-state index in [-0.39, 0.29) is 12.7 Å². The summed E-state index contributed by atoms with van der Waals surface area (Å²) < 4.78 is 5.31. The van der Waals surface area contributed by atoms with Gasteiger partial charge in [-0.1, -0.05) is 0 Å². The lowest BCUT2D eigenvalue weighted by Gasteiger charge is -2.27. The van der Waals surface area contributed by atoms with Crippen molar-refractivity contribution in [2.24, 2.45) is 5.73 Å². The molecule has 1 aliphatic rings. The first-order valence-electron chi connectivity index (χ1n) is 5.02. The topological polar surface area (TPSA) is 93.4 Å². The minimum atomic E-state index is -0.848. The number of rotatable bonds is 3. The van der Waals surface area contributed by atoms with Gasteiger partial charge < -0.3 is 15.8 Å². The molecule has 1 rings (SSSR count).